The van der Waals surface area contributed by atoms with Crippen LogP contribution in [0, 0.1) is 18.8 Å². The average Bonchev–Trinajstić information content (AvgIpc) is 3.38. The van der Waals surface area contributed by atoms with Crippen LogP contribution in [-0.4, -0.2) is 50.9 Å². The van der Waals surface area contributed by atoms with E-state index in [1.165, 1.54) is 7.11 Å². The number of nitrogens with zero attached hydrogens (tertiary/aromatic N) is 4. The minimum atomic E-state index is 0.122. The van der Waals surface area contributed by atoms with Crippen molar-refractivity contribution in [3.05, 3.63) is 48.3 Å². The van der Waals surface area contributed by atoms with Crippen LogP contribution >= 0.6 is 0 Å². The van der Waals surface area contributed by atoms with E-state index in [1.807, 2.05) is 17.0 Å². The standard InChI is InChI=1S/C25H28N4O3/c1-16-11-19(20-6-8-23(32-2)22(30)12-20)5-7-21(16)24-27-26-15-29(24)14-17-9-10-28(13-17)25(31)18-3-4-18/h5-8,11-12,15,17-18,30H,3-4,9-10,13-14H2,1-2H3. The molecule has 1 atom stereocenters. The maximum absolute atomic E-state index is 12.4. The number of carbonyl (C=O) groups excluding carboxylic acids is 1. The molecule has 1 unspecified atom stereocenters. The number of aromatic hydroxyl groups is 1. The van der Waals surface area contributed by atoms with Crippen LogP contribution in [0.2, 0.25) is 0 Å². The largest absolute Gasteiger partial charge is 0.504 e. The van der Waals surface area contributed by atoms with Crippen LogP contribution < -0.4 is 4.74 Å². The van der Waals surface area contributed by atoms with Crippen molar-refractivity contribution in [3.63, 3.8) is 0 Å². The molecule has 1 saturated heterocycles. The van der Waals surface area contributed by atoms with Crippen molar-refractivity contribution in [3.8, 4) is 34.0 Å². The summed E-state index contributed by atoms with van der Waals surface area (Å²) in [5.74, 6) is 2.48. The van der Waals surface area contributed by atoms with Gasteiger partial charge in [0.1, 0.15) is 6.33 Å². The number of ether oxygens (including phenoxy) is 1. The molecule has 0 bridgehead atoms. The fraction of sp³-hybridized carbons (Fsp3) is 0.400. The molecule has 32 heavy (non-hydrogen) atoms. The quantitative estimate of drug-likeness (QED) is 0.639. The Morgan fingerprint density at radius 1 is 1.16 bits per heavy atom. The van der Waals surface area contributed by atoms with E-state index in [1.54, 1.807) is 18.5 Å². The van der Waals surface area contributed by atoms with Crippen LogP contribution in [0.5, 0.6) is 11.5 Å². The lowest BCUT2D eigenvalue weighted by atomic mass is 9.99. The lowest BCUT2D eigenvalue weighted by Crippen LogP contribution is -2.30. The van der Waals surface area contributed by atoms with E-state index in [0.29, 0.717) is 17.6 Å². The SMILES string of the molecule is COc1ccc(-c2ccc(-c3nncn3CC3CCN(C(=O)C4CC4)C3)c(C)c2)cc1O. The molecule has 1 saturated carbocycles. The lowest BCUT2D eigenvalue weighted by molar-refractivity contribution is -0.131. The number of benzene rings is 2. The highest BCUT2D eigenvalue weighted by atomic mass is 16.5. The predicted molar refractivity (Wildman–Crippen MR) is 121 cm³/mol. The maximum atomic E-state index is 12.4. The number of hydrogen-bond acceptors (Lipinski definition) is 5. The summed E-state index contributed by atoms with van der Waals surface area (Å²) in [6.45, 7) is 4.56. The lowest BCUT2D eigenvalue weighted by Gasteiger charge is -2.17. The molecule has 1 aliphatic heterocycles. The molecular formula is C25H28N4O3. The first-order chi connectivity index (χ1) is 15.5. The number of hydrogen-bond donors (Lipinski definition) is 1. The number of rotatable bonds is 6. The van der Waals surface area contributed by atoms with Crippen LogP contribution in [0.1, 0.15) is 24.8 Å². The van der Waals surface area contributed by atoms with Crippen molar-refractivity contribution in [2.45, 2.75) is 32.7 Å². The van der Waals surface area contributed by atoms with Gasteiger partial charge in [0, 0.05) is 31.1 Å². The first kappa shape index (κ1) is 20.5. The molecule has 3 aromatic rings. The van der Waals surface area contributed by atoms with Gasteiger partial charge in [-0.15, -0.1) is 10.2 Å². The smallest absolute Gasteiger partial charge is 0.225 e. The summed E-state index contributed by atoms with van der Waals surface area (Å²) in [6, 6.07) is 11.6. The summed E-state index contributed by atoms with van der Waals surface area (Å²) in [7, 11) is 1.54. The molecular weight excluding hydrogens is 404 g/mol. The first-order valence-corrected chi connectivity index (χ1v) is 11.2. The van der Waals surface area contributed by atoms with Crippen LogP contribution in [-0.2, 0) is 11.3 Å². The predicted octanol–water partition coefficient (Wildman–Crippen LogP) is 3.89. The number of aromatic nitrogens is 3. The van der Waals surface area contributed by atoms with Crippen molar-refractivity contribution in [1.29, 1.82) is 0 Å². The minimum absolute atomic E-state index is 0.122. The number of likely N-dealkylation sites (tertiary alicyclic amines) is 1. The molecule has 1 N–H and O–H groups in total. The van der Waals surface area contributed by atoms with E-state index in [-0.39, 0.29) is 11.7 Å². The number of methoxy groups -OCH3 is 1. The van der Waals surface area contributed by atoms with Gasteiger partial charge in [-0.1, -0.05) is 24.3 Å². The van der Waals surface area contributed by atoms with Crippen molar-refractivity contribution in [1.82, 2.24) is 19.7 Å². The highest BCUT2D eigenvalue weighted by molar-refractivity contribution is 5.81. The zero-order chi connectivity index (χ0) is 22.2. The molecule has 2 fully saturated rings. The van der Waals surface area contributed by atoms with E-state index < -0.39 is 0 Å². The Morgan fingerprint density at radius 3 is 2.66 bits per heavy atom. The number of phenolic OH excluding ortho intramolecular Hbond substituents is 1. The molecule has 5 rings (SSSR count). The molecule has 7 nitrogen and oxygen atoms in total. The van der Waals surface area contributed by atoms with E-state index in [0.717, 1.165) is 67.0 Å². The fourth-order valence-electron chi connectivity index (χ4n) is 4.61. The third kappa shape index (κ3) is 3.95. The van der Waals surface area contributed by atoms with E-state index in [4.69, 9.17) is 4.74 Å². The second-order valence-corrected chi connectivity index (χ2v) is 8.94. The van der Waals surface area contributed by atoms with E-state index >= 15 is 0 Å². The number of aryl methyl sites for hydroxylation is 1. The highest BCUT2D eigenvalue weighted by Crippen LogP contribution is 2.35. The first-order valence-electron chi connectivity index (χ1n) is 11.2. The van der Waals surface area contributed by atoms with Gasteiger partial charge in [0.25, 0.3) is 0 Å². The number of carbonyl (C=O) groups is 1. The summed E-state index contributed by atoms with van der Waals surface area (Å²) >= 11 is 0. The fourth-order valence-corrected chi connectivity index (χ4v) is 4.61. The molecule has 166 valence electrons. The molecule has 7 heteroatoms. The van der Waals surface area contributed by atoms with Gasteiger partial charge in [-0.25, -0.2) is 0 Å². The topological polar surface area (TPSA) is 80.5 Å². The normalized spacial score (nSPS) is 18.2. The van der Waals surface area contributed by atoms with Gasteiger partial charge in [0.05, 0.1) is 7.11 Å². The molecule has 0 spiro atoms. The second kappa shape index (κ2) is 8.30. The summed E-state index contributed by atoms with van der Waals surface area (Å²) in [5.41, 5.74) is 4.06. The highest BCUT2D eigenvalue weighted by Gasteiger charge is 2.36. The Labute approximate surface area is 187 Å². The Bertz CT molecular complexity index is 1150. The number of amides is 1. The Kier molecular flexibility index (Phi) is 5.33. The van der Waals surface area contributed by atoms with E-state index in [9.17, 15) is 9.90 Å². The summed E-state index contributed by atoms with van der Waals surface area (Å²) in [6.07, 6.45) is 4.92. The minimum Gasteiger partial charge on any atom is -0.504 e. The van der Waals surface area contributed by atoms with Crippen LogP contribution in [0.25, 0.3) is 22.5 Å². The van der Waals surface area contributed by atoms with Crippen molar-refractivity contribution >= 4 is 5.91 Å². The van der Waals surface area contributed by atoms with Crippen LogP contribution in [0.4, 0.5) is 0 Å². The summed E-state index contributed by atoms with van der Waals surface area (Å²) < 4.78 is 7.25. The van der Waals surface area contributed by atoms with Gasteiger partial charge in [-0.2, -0.15) is 0 Å². The Morgan fingerprint density at radius 2 is 1.94 bits per heavy atom. The van der Waals surface area contributed by atoms with Crippen LogP contribution in [0.3, 0.4) is 0 Å². The second-order valence-electron chi connectivity index (χ2n) is 8.94. The summed E-state index contributed by atoms with van der Waals surface area (Å²) in [5, 5.41) is 18.7. The molecule has 0 radical (unpaired) electrons. The van der Waals surface area contributed by atoms with Crippen molar-refractivity contribution in [2.75, 3.05) is 20.2 Å². The van der Waals surface area contributed by atoms with Crippen molar-refractivity contribution < 1.29 is 14.6 Å². The Hall–Kier alpha value is -3.35. The van der Waals surface area contributed by atoms with Gasteiger partial charge >= 0.3 is 0 Å². The van der Waals surface area contributed by atoms with Crippen molar-refractivity contribution in [2.24, 2.45) is 11.8 Å². The molecule has 1 aliphatic carbocycles. The van der Waals surface area contributed by atoms with Crippen LogP contribution in [0.15, 0.2) is 42.7 Å². The Balaban J connectivity index is 1.33. The third-order valence-electron chi connectivity index (χ3n) is 6.57. The molecule has 2 aliphatic rings. The zero-order valence-electron chi connectivity index (χ0n) is 18.5. The summed E-state index contributed by atoms with van der Waals surface area (Å²) in [4.78, 5) is 14.4. The number of phenols is 1. The van der Waals surface area contributed by atoms with Gasteiger partial charge in [-0.3, -0.25) is 4.79 Å². The maximum Gasteiger partial charge on any atom is 0.225 e. The molecule has 2 aromatic carbocycles. The zero-order valence-corrected chi connectivity index (χ0v) is 18.5. The van der Waals surface area contributed by atoms with Gasteiger partial charge < -0.3 is 19.3 Å². The average molecular weight is 433 g/mol. The molecule has 2 heterocycles. The van der Waals surface area contributed by atoms with Gasteiger partial charge in [0.15, 0.2) is 17.3 Å². The van der Waals surface area contributed by atoms with Gasteiger partial charge in [-0.05, 0) is 60.9 Å². The molecule has 1 aromatic heterocycles. The third-order valence-corrected chi connectivity index (χ3v) is 6.57. The van der Waals surface area contributed by atoms with Gasteiger partial charge in [0.2, 0.25) is 5.91 Å². The van der Waals surface area contributed by atoms with E-state index in [2.05, 4.69) is 33.8 Å². The monoisotopic (exact) mass is 432 g/mol. The molecule has 1 amide bonds.